The lowest BCUT2D eigenvalue weighted by molar-refractivity contribution is 0.152. The second-order valence-electron chi connectivity index (χ2n) is 4.47. The second-order valence-corrected chi connectivity index (χ2v) is 5.32. The number of hydrogen-bond acceptors (Lipinski definition) is 3. The SMILES string of the molecule is CCOc1cc(Br)c(C(O)C2CC2)cc1OCC. The van der Waals surface area contributed by atoms with Crippen molar-refractivity contribution in [1.29, 1.82) is 0 Å². The standard InChI is InChI=1S/C14H19BrO3/c1-3-17-12-7-10(14(16)9-5-6-9)11(15)8-13(12)18-4-2/h7-9,14,16H,3-6H2,1-2H3. The molecule has 100 valence electrons. The maximum Gasteiger partial charge on any atom is 0.162 e. The van der Waals surface area contributed by atoms with E-state index < -0.39 is 6.10 Å². The van der Waals surface area contributed by atoms with E-state index >= 15 is 0 Å². The average molecular weight is 315 g/mol. The summed E-state index contributed by atoms with van der Waals surface area (Å²) >= 11 is 3.50. The Hall–Kier alpha value is -0.740. The number of ether oxygens (including phenoxy) is 2. The Kier molecular flexibility index (Phi) is 4.51. The first kappa shape index (κ1) is 13.7. The van der Waals surface area contributed by atoms with Crippen molar-refractivity contribution < 1.29 is 14.6 Å². The Morgan fingerprint density at radius 2 is 1.78 bits per heavy atom. The van der Waals surface area contributed by atoms with Crippen LogP contribution in [-0.2, 0) is 0 Å². The third kappa shape index (κ3) is 2.98. The lowest BCUT2D eigenvalue weighted by atomic mass is 10.0. The van der Waals surface area contributed by atoms with E-state index in [4.69, 9.17) is 9.47 Å². The maximum absolute atomic E-state index is 10.2. The number of aliphatic hydroxyl groups excluding tert-OH is 1. The largest absolute Gasteiger partial charge is 0.490 e. The Labute approximate surface area is 116 Å². The van der Waals surface area contributed by atoms with E-state index in [0.717, 1.165) is 28.6 Å². The van der Waals surface area contributed by atoms with Crippen LogP contribution in [0.3, 0.4) is 0 Å². The topological polar surface area (TPSA) is 38.7 Å². The Balaban J connectivity index is 2.32. The van der Waals surface area contributed by atoms with Gasteiger partial charge in [0.25, 0.3) is 0 Å². The molecule has 3 nitrogen and oxygen atoms in total. The molecule has 0 heterocycles. The fourth-order valence-corrected chi connectivity index (χ4v) is 2.54. The predicted octanol–water partition coefficient (Wildman–Crippen LogP) is 3.69. The summed E-state index contributed by atoms with van der Waals surface area (Å²) < 4.78 is 12.0. The molecular formula is C14H19BrO3. The molecular weight excluding hydrogens is 296 g/mol. The van der Waals surface area contributed by atoms with Crippen LogP contribution in [0.1, 0.15) is 38.4 Å². The number of halogens is 1. The molecule has 4 heteroatoms. The van der Waals surface area contributed by atoms with Gasteiger partial charge >= 0.3 is 0 Å². The Morgan fingerprint density at radius 3 is 2.28 bits per heavy atom. The van der Waals surface area contributed by atoms with Crippen LogP contribution in [0, 0.1) is 5.92 Å². The average Bonchev–Trinajstić information content (AvgIpc) is 3.16. The minimum Gasteiger partial charge on any atom is -0.490 e. The maximum atomic E-state index is 10.2. The van der Waals surface area contributed by atoms with Gasteiger partial charge in [-0.15, -0.1) is 0 Å². The van der Waals surface area contributed by atoms with Crippen molar-refractivity contribution in [2.75, 3.05) is 13.2 Å². The van der Waals surface area contributed by atoms with Crippen LogP contribution in [0.25, 0.3) is 0 Å². The second kappa shape index (κ2) is 5.93. The summed E-state index contributed by atoms with van der Waals surface area (Å²) in [5, 5.41) is 10.2. The summed E-state index contributed by atoms with van der Waals surface area (Å²) in [5.41, 5.74) is 0.893. The van der Waals surface area contributed by atoms with E-state index in [-0.39, 0.29) is 0 Å². The molecule has 1 N–H and O–H groups in total. The summed E-state index contributed by atoms with van der Waals surface area (Å²) in [6.45, 7) is 5.06. The van der Waals surface area contributed by atoms with Crippen molar-refractivity contribution in [3.05, 3.63) is 22.2 Å². The minimum atomic E-state index is -0.408. The summed E-state index contributed by atoms with van der Waals surface area (Å²) in [6, 6.07) is 3.77. The zero-order valence-electron chi connectivity index (χ0n) is 10.8. The molecule has 18 heavy (non-hydrogen) atoms. The molecule has 1 aliphatic carbocycles. The van der Waals surface area contributed by atoms with Gasteiger partial charge in [-0.1, -0.05) is 15.9 Å². The quantitative estimate of drug-likeness (QED) is 0.870. The molecule has 1 unspecified atom stereocenters. The molecule has 0 bridgehead atoms. The first-order valence-corrected chi connectivity index (χ1v) is 7.23. The lowest BCUT2D eigenvalue weighted by Gasteiger charge is -2.17. The molecule has 0 aliphatic heterocycles. The number of rotatable bonds is 6. The molecule has 0 aromatic heterocycles. The van der Waals surface area contributed by atoms with Gasteiger partial charge in [-0.3, -0.25) is 0 Å². The normalized spacial score (nSPS) is 16.4. The van der Waals surface area contributed by atoms with Crippen LogP contribution in [0.5, 0.6) is 11.5 Å². The van der Waals surface area contributed by atoms with E-state index in [1.54, 1.807) is 0 Å². The van der Waals surface area contributed by atoms with Crippen LogP contribution in [0.15, 0.2) is 16.6 Å². The summed E-state index contributed by atoms with van der Waals surface area (Å²) in [4.78, 5) is 0. The number of hydrogen-bond donors (Lipinski definition) is 1. The number of aliphatic hydroxyl groups is 1. The van der Waals surface area contributed by atoms with Crippen molar-refractivity contribution in [1.82, 2.24) is 0 Å². The van der Waals surface area contributed by atoms with Crippen LogP contribution >= 0.6 is 15.9 Å². The third-order valence-corrected chi connectivity index (χ3v) is 3.74. The highest BCUT2D eigenvalue weighted by atomic mass is 79.9. The molecule has 0 radical (unpaired) electrons. The first-order chi connectivity index (χ1) is 8.67. The van der Waals surface area contributed by atoms with E-state index in [0.29, 0.717) is 24.9 Å². The molecule has 1 aromatic carbocycles. The van der Waals surface area contributed by atoms with Crippen molar-refractivity contribution in [3.8, 4) is 11.5 Å². The Morgan fingerprint density at radius 1 is 1.22 bits per heavy atom. The van der Waals surface area contributed by atoms with E-state index in [1.165, 1.54) is 0 Å². The lowest BCUT2D eigenvalue weighted by Crippen LogP contribution is -2.04. The summed E-state index contributed by atoms with van der Waals surface area (Å²) in [5.74, 6) is 1.82. The van der Waals surface area contributed by atoms with E-state index in [1.807, 2.05) is 26.0 Å². The summed E-state index contributed by atoms with van der Waals surface area (Å²) in [6.07, 6.45) is 1.80. The third-order valence-electron chi connectivity index (χ3n) is 3.05. The van der Waals surface area contributed by atoms with E-state index in [2.05, 4.69) is 15.9 Å². The van der Waals surface area contributed by atoms with Gasteiger partial charge in [-0.25, -0.2) is 0 Å². The highest BCUT2D eigenvalue weighted by Crippen LogP contribution is 2.45. The first-order valence-electron chi connectivity index (χ1n) is 6.44. The molecule has 0 spiro atoms. The van der Waals surface area contributed by atoms with Crippen molar-refractivity contribution >= 4 is 15.9 Å². The number of benzene rings is 1. The highest BCUT2D eigenvalue weighted by Gasteiger charge is 2.32. The van der Waals surface area contributed by atoms with Gasteiger partial charge in [-0.05, 0) is 50.3 Å². The van der Waals surface area contributed by atoms with Gasteiger partial charge in [0.1, 0.15) is 0 Å². The molecule has 0 saturated heterocycles. The van der Waals surface area contributed by atoms with Gasteiger partial charge in [-0.2, -0.15) is 0 Å². The van der Waals surface area contributed by atoms with Crippen molar-refractivity contribution in [3.63, 3.8) is 0 Å². The van der Waals surface area contributed by atoms with Gasteiger partial charge in [0.05, 0.1) is 19.3 Å². The van der Waals surface area contributed by atoms with Crippen molar-refractivity contribution in [2.45, 2.75) is 32.8 Å². The molecule has 1 aliphatic rings. The van der Waals surface area contributed by atoms with Crippen LogP contribution in [0.4, 0.5) is 0 Å². The van der Waals surface area contributed by atoms with Gasteiger partial charge in [0, 0.05) is 4.47 Å². The van der Waals surface area contributed by atoms with Crippen LogP contribution < -0.4 is 9.47 Å². The van der Waals surface area contributed by atoms with Gasteiger partial charge in [0.2, 0.25) is 0 Å². The fourth-order valence-electron chi connectivity index (χ4n) is 1.98. The molecule has 1 aromatic rings. The molecule has 1 atom stereocenters. The summed E-state index contributed by atoms with van der Waals surface area (Å²) in [7, 11) is 0. The Bertz CT molecular complexity index is 416. The van der Waals surface area contributed by atoms with Gasteiger partial charge < -0.3 is 14.6 Å². The van der Waals surface area contributed by atoms with Crippen molar-refractivity contribution in [2.24, 2.45) is 5.92 Å². The molecule has 1 saturated carbocycles. The predicted molar refractivity (Wildman–Crippen MR) is 74.2 cm³/mol. The minimum absolute atomic E-state index is 0.397. The molecule has 1 fully saturated rings. The fraction of sp³-hybridized carbons (Fsp3) is 0.571. The van der Waals surface area contributed by atoms with Crippen LogP contribution in [0.2, 0.25) is 0 Å². The van der Waals surface area contributed by atoms with Gasteiger partial charge in [0.15, 0.2) is 11.5 Å². The monoisotopic (exact) mass is 314 g/mol. The zero-order valence-corrected chi connectivity index (χ0v) is 12.4. The smallest absolute Gasteiger partial charge is 0.162 e. The van der Waals surface area contributed by atoms with Crippen LogP contribution in [-0.4, -0.2) is 18.3 Å². The molecule has 2 rings (SSSR count). The van der Waals surface area contributed by atoms with E-state index in [9.17, 15) is 5.11 Å². The zero-order chi connectivity index (χ0) is 13.1. The highest BCUT2D eigenvalue weighted by molar-refractivity contribution is 9.10. The molecule has 0 amide bonds.